The molecule has 0 aliphatic carbocycles. The fourth-order valence-electron chi connectivity index (χ4n) is 3.20. The van der Waals surface area contributed by atoms with E-state index >= 15 is 0 Å². The smallest absolute Gasteiger partial charge is 0.384 e. The molecule has 3 N–H and O–H groups in total. The van der Waals surface area contributed by atoms with Crippen molar-refractivity contribution < 1.29 is 18.0 Å². The molecule has 1 aromatic carbocycles. The van der Waals surface area contributed by atoms with Gasteiger partial charge in [-0.1, -0.05) is 6.07 Å². The Morgan fingerprint density at radius 1 is 0.970 bits per heavy atom. The number of alkyl halides is 3. The van der Waals surface area contributed by atoms with Crippen LogP contribution < -0.4 is 11.1 Å². The van der Waals surface area contributed by atoms with E-state index in [2.05, 4.69) is 25.5 Å². The summed E-state index contributed by atoms with van der Waals surface area (Å²) in [5.74, 6) is -0.427. The minimum atomic E-state index is -4.62. The molecule has 3 heterocycles. The molecule has 0 bridgehead atoms. The van der Waals surface area contributed by atoms with Crippen LogP contribution in [0.3, 0.4) is 0 Å². The van der Waals surface area contributed by atoms with Gasteiger partial charge in [0.15, 0.2) is 5.69 Å². The number of carbonyl (C=O) groups excluding carboxylic acids is 1. The summed E-state index contributed by atoms with van der Waals surface area (Å²) >= 11 is 0. The van der Waals surface area contributed by atoms with Crippen molar-refractivity contribution in [2.45, 2.75) is 13.1 Å². The van der Waals surface area contributed by atoms with Gasteiger partial charge in [0.05, 0.1) is 17.5 Å². The Labute approximate surface area is 186 Å². The summed E-state index contributed by atoms with van der Waals surface area (Å²) in [5.41, 5.74) is 8.74. The van der Waals surface area contributed by atoms with E-state index in [0.717, 1.165) is 22.3 Å². The summed E-state index contributed by atoms with van der Waals surface area (Å²) in [6.45, 7) is 1.91. The molecule has 0 aliphatic heterocycles. The lowest BCUT2D eigenvalue weighted by Gasteiger charge is -2.12. The zero-order chi connectivity index (χ0) is 23.6. The lowest BCUT2D eigenvalue weighted by molar-refractivity contribution is -0.137. The molecule has 0 aliphatic rings. The Balaban J connectivity index is 1.63. The van der Waals surface area contributed by atoms with Crippen LogP contribution in [0.15, 0.2) is 67.1 Å². The molecule has 10 heteroatoms. The van der Waals surface area contributed by atoms with Gasteiger partial charge in [0.2, 0.25) is 0 Å². The van der Waals surface area contributed by atoms with Gasteiger partial charge in [0, 0.05) is 23.6 Å². The number of aryl methyl sites for hydroxylation is 1. The minimum absolute atomic E-state index is 0.373. The first-order valence-electron chi connectivity index (χ1n) is 9.71. The number of rotatable bonds is 4. The van der Waals surface area contributed by atoms with E-state index in [1.807, 2.05) is 19.1 Å². The summed E-state index contributed by atoms with van der Waals surface area (Å²) in [6.07, 6.45) is -0.806. The van der Waals surface area contributed by atoms with Gasteiger partial charge in [-0.05, 0) is 66.1 Å². The second kappa shape index (κ2) is 8.65. The standard InChI is InChI=1S/C23H17F3N6O/c1-13-2-3-17(31-22(33)20-10-16(12-30-32-20)23(24,25)26)11-18(13)14-4-6-28-19(8-14)15-5-7-29-21(27)9-15/h2-12H,1H3,(H2,27,29)(H,31,33). The summed E-state index contributed by atoms with van der Waals surface area (Å²) in [6, 6.07) is 13.0. The molecule has 4 rings (SSSR count). The minimum Gasteiger partial charge on any atom is -0.384 e. The molecule has 7 nitrogen and oxygen atoms in total. The van der Waals surface area contributed by atoms with Crippen molar-refractivity contribution in [3.8, 4) is 22.4 Å². The normalized spacial score (nSPS) is 11.3. The van der Waals surface area contributed by atoms with Crippen LogP contribution in [0.25, 0.3) is 22.4 Å². The van der Waals surface area contributed by atoms with Crippen LogP contribution >= 0.6 is 0 Å². The molecule has 0 spiro atoms. The molecule has 4 aromatic rings. The maximum atomic E-state index is 12.9. The molecule has 0 radical (unpaired) electrons. The lowest BCUT2D eigenvalue weighted by atomic mass is 9.99. The van der Waals surface area contributed by atoms with E-state index in [1.54, 1.807) is 42.7 Å². The molecule has 3 aromatic heterocycles. The number of carbonyl (C=O) groups is 1. The fraction of sp³-hybridized carbons (Fsp3) is 0.0870. The van der Waals surface area contributed by atoms with Gasteiger partial charge in [-0.25, -0.2) is 4.98 Å². The number of nitrogens with zero attached hydrogens (tertiary/aromatic N) is 4. The zero-order valence-electron chi connectivity index (χ0n) is 17.3. The number of amides is 1. The van der Waals surface area contributed by atoms with E-state index in [0.29, 0.717) is 29.5 Å². The van der Waals surface area contributed by atoms with Crippen LogP contribution in [0.2, 0.25) is 0 Å². The van der Waals surface area contributed by atoms with Crippen LogP contribution in [-0.2, 0) is 6.18 Å². The maximum Gasteiger partial charge on any atom is 0.418 e. The number of nitrogens with two attached hydrogens (primary N) is 1. The number of anilines is 2. The van der Waals surface area contributed by atoms with Gasteiger partial charge in [-0.2, -0.15) is 18.3 Å². The molecule has 0 saturated heterocycles. The van der Waals surface area contributed by atoms with Crippen molar-refractivity contribution in [1.29, 1.82) is 0 Å². The third-order valence-electron chi connectivity index (χ3n) is 4.86. The van der Waals surface area contributed by atoms with Crippen molar-refractivity contribution in [2.24, 2.45) is 0 Å². The Hall–Kier alpha value is -4.34. The third-order valence-corrected chi connectivity index (χ3v) is 4.86. The van der Waals surface area contributed by atoms with Crippen LogP contribution in [0.1, 0.15) is 21.6 Å². The molecule has 0 unspecified atom stereocenters. The first-order valence-corrected chi connectivity index (χ1v) is 9.71. The average Bonchev–Trinajstić information content (AvgIpc) is 2.80. The zero-order valence-corrected chi connectivity index (χ0v) is 17.3. The Morgan fingerprint density at radius 3 is 2.48 bits per heavy atom. The summed E-state index contributed by atoms with van der Waals surface area (Å²) in [5, 5.41) is 9.38. The van der Waals surface area contributed by atoms with Gasteiger partial charge in [-0.3, -0.25) is 9.78 Å². The van der Waals surface area contributed by atoms with E-state index in [9.17, 15) is 18.0 Å². The average molecular weight is 450 g/mol. The highest BCUT2D eigenvalue weighted by atomic mass is 19.4. The maximum absolute atomic E-state index is 12.9. The second-order valence-electron chi connectivity index (χ2n) is 7.21. The summed E-state index contributed by atoms with van der Waals surface area (Å²) in [7, 11) is 0. The number of hydrogen-bond acceptors (Lipinski definition) is 6. The predicted octanol–water partition coefficient (Wildman–Crippen LogP) is 4.76. The van der Waals surface area contributed by atoms with Crippen LogP contribution in [0, 0.1) is 6.92 Å². The number of halogens is 3. The number of benzene rings is 1. The fourth-order valence-corrected chi connectivity index (χ4v) is 3.20. The van der Waals surface area contributed by atoms with Crippen molar-refractivity contribution in [1.82, 2.24) is 20.2 Å². The predicted molar refractivity (Wildman–Crippen MR) is 117 cm³/mol. The number of aromatic nitrogens is 4. The molecule has 0 atom stereocenters. The molecule has 0 saturated carbocycles. The quantitative estimate of drug-likeness (QED) is 0.464. The Kier molecular flexibility index (Phi) is 5.74. The number of pyridine rings is 2. The van der Waals surface area contributed by atoms with Crippen molar-refractivity contribution >= 4 is 17.4 Å². The Bertz CT molecular complexity index is 1340. The monoisotopic (exact) mass is 450 g/mol. The lowest BCUT2D eigenvalue weighted by Crippen LogP contribution is -2.16. The van der Waals surface area contributed by atoms with Gasteiger partial charge in [-0.15, -0.1) is 5.10 Å². The van der Waals surface area contributed by atoms with Crippen molar-refractivity contribution in [3.05, 3.63) is 83.9 Å². The first kappa shape index (κ1) is 21.9. The van der Waals surface area contributed by atoms with Gasteiger partial charge in [0.1, 0.15) is 5.82 Å². The highest BCUT2D eigenvalue weighted by Gasteiger charge is 2.32. The molecular formula is C23H17F3N6O. The highest BCUT2D eigenvalue weighted by Crippen LogP contribution is 2.31. The Morgan fingerprint density at radius 2 is 1.73 bits per heavy atom. The number of hydrogen-bond donors (Lipinski definition) is 2. The van der Waals surface area contributed by atoms with Gasteiger partial charge in [0.25, 0.3) is 5.91 Å². The molecule has 33 heavy (non-hydrogen) atoms. The molecular weight excluding hydrogens is 433 g/mol. The SMILES string of the molecule is Cc1ccc(NC(=O)c2cc(C(F)(F)F)cnn2)cc1-c1ccnc(-c2ccnc(N)c2)c1. The van der Waals surface area contributed by atoms with Crippen LogP contribution in [-0.4, -0.2) is 26.1 Å². The van der Waals surface area contributed by atoms with Crippen LogP contribution in [0.4, 0.5) is 24.7 Å². The molecule has 0 fully saturated rings. The van der Waals surface area contributed by atoms with Crippen LogP contribution in [0.5, 0.6) is 0 Å². The number of nitrogen functional groups attached to an aromatic ring is 1. The summed E-state index contributed by atoms with van der Waals surface area (Å²) < 4.78 is 38.7. The van der Waals surface area contributed by atoms with Gasteiger partial charge >= 0.3 is 6.18 Å². The van der Waals surface area contributed by atoms with E-state index in [-0.39, 0.29) is 0 Å². The van der Waals surface area contributed by atoms with E-state index in [4.69, 9.17) is 5.73 Å². The largest absolute Gasteiger partial charge is 0.418 e. The summed E-state index contributed by atoms with van der Waals surface area (Å²) in [4.78, 5) is 20.9. The molecule has 166 valence electrons. The van der Waals surface area contributed by atoms with Crippen molar-refractivity contribution in [2.75, 3.05) is 11.1 Å². The third kappa shape index (κ3) is 4.95. The first-order chi connectivity index (χ1) is 15.7. The second-order valence-corrected chi connectivity index (χ2v) is 7.21. The highest BCUT2D eigenvalue weighted by molar-refractivity contribution is 6.03. The van der Waals surface area contributed by atoms with Crippen molar-refractivity contribution in [3.63, 3.8) is 0 Å². The number of nitrogens with one attached hydrogen (secondary N) is 1. The topological polar surface area (TPSA) is 107 Å². The van der Waals surface area contributed by atoms with Gasteiger partial charge < -0.3 is 11.1 Å². The van der Waals surface area contributed by atoms with E-state index < -0.39 is 23.3 Å². The van der Waals surface area contributed by atoms with E-state index in [1.165, 1.54) is 0 Å². The molecule has 1 amide bonds.